The second kappa shape index (κ2) is 3.81. The maximum Gasteiger partial charge on any atom is 0.150 e. The molecular formula is C12H9N3. The summed E-state index contributed by atoms with van der Waals surface area (Å²) in [6.07, 6.45) is 6.74. The van der Waals surface area contributed by atoms with Gasteiger partial charge in [-0.15, -0.1) is 6.42 Å². The predicted molar refractivity (Wildman–Crippen MR) is 59.8 cm³/mol. The van der Waals surface area contributed by atoms with Gasteiger partial charge in [0, 0.05) is 5.56 Å². The van der Waals surface area contributed by atoms with E-state index in [1.54, 1.807) is 0 Å². The van der Waals surface area contributed by atoms with E-state index < -0.39 is 0 Å². The van der Waals surface area contributed by atoms with Crippen molar-refractivity contribution in [1.82, 2.24) is 9.97 Å². The average molecular weight is 195 g/mol. The molecule has 2 N–H and O–H groups in total. The van der Waals surface area contributed by atoms with Gasteiger partial charge in [-0.25, -0.2) is 9.97 Å². The zero-order valence-electron chi connectivity index (χ0n) is 8.01. The van der Waals surface area contributed by atoms with Gasteiger partial charge in [-0.05, 0) is 5.92 Å². The highest BCUT2D eigenvalue weighted by atomic mass is 14.9. The molecule has 1 aromatic carbocycles. The third kappa shape index (κ3) is 1.79. The lowest BCUT2D eigenvalue weighted by atomic mass is 10.1. The summed E-state index contributed by atoms with van der Waals surface area (Å²) >= 11 is 0. The SMILES string of the molecule is C#Cc1cnc(N)c(-c2ccccc2)n1. The Kier molecular flexibility index (Phi) is 2.34. The van der Waals surface area contributed by atoms with E-state index in [0.29, 0.717) is 17.2 Å². The molecule has 0 saturated heterocycles. The van der Waals surface area contributed by atoms with Gasteiger partial charge in [0.1, 0.15) is 17.2 Å². The highest BCUT2D eigenvalue weighted by Gasteiger charge is 2.05. The van der Waals surface area contributed by atoms with Crippen molar-refractivity contribution in [3.63, 3.8) is 0 Å². The summed E-state index contributed by atoms with van der Waals surface area (Å²) in [5, 5.41) is 0. The molecule has 0 radical (unpaired) electrons. The molecule has 0 fully saturated rings. The van der Waals surface area contributed by atoms with Gasteiger partial charge in [0.15, 0.2) is 0 Å². The fourth-order valence-corrected chi connectivity index (χ4v) is 1.28. The molecule has 72 valence electrons. The smallest absolute Gasteiger partial charge is 0.150 e. The molecule has 1 heterocycles. The Morgan fingerprint density at radius 2 is 1.93 bits per heavy atom. The van der Waals surface area contributed by atoms with Crippen molar-refractivity contribution in [3.8, 4) is 23.6 Å². The number of aromatic nitrogens is 2. The molecule has 0 atom stereocenters. The van der Waals surface area contributed by atoms with Crippen LogP contribution in [0.4, 0.5) is 5.82 Å². The highest BCUT2D eigenvalue weighted by Crippen LogP contribution is 2.21. The van der Waals surface area contributed by atoms with Gasteiger partial charge in [0.05, 0.1) is 6.20 Å². The molecule has 0 amide bonds. The minimum absolute atomic E-state index is 0.389. The molecule has 0 aliphatic rings. The van der Waals surface area contributed by atoms with Crippen molar-refractivity contribution in [2.45, 2.75) is 0 Å². The lowest BCUT2D eigenvalue weighted by molar-refractivity contribution is 1.19. The minimum atomic E-state index is 0.389. The largest absolute Gasteiger partial charge is 0.382 e. The third-order valence-corrected chi connectivity index (χ3v) is 2.00. The zero-order chi connectivity index (χ0) is 10.7. The first-order valence-electron chi connectivity index (χ1n) is 4.46. The fourth-order valence-electron chi connectivity index (χ4n) is 1.28. The highest BCUT2D eigenvalue weighted by molar-refractivity contribution is 5.69. The third-order valence-electron chi connectivity index (χ3n) is 2.00. The summed E-state index contributed by atoms with van der Waals surface area (Å²) < 4.78 is 0. The van der Waals surface area contributed by atoms with Crippen LogP contribution >= 0.6 is 0 Å². The number of anilines is 1. The number of nitrogens with zero attached hydrogens (tertiary/aromatic N) is 2. The lowest BCUT2D eigenvalue weighted by Crippen LogP contribution is -1.98. The van der Waals surface area contributed by atoms with Crippen LogP contribution in [0, 0.1) is 12.3 Å². The zero-order valence-corrected chi connectivity index (χ0v) is 8.01. The Balaban J connectivity index is 2.58. The van der Waals surface area contributed by atoms with Gasteiger partial charge in [-0.1, -0.05) is 30.3 Å². The first-order chi connectivity index (χ1) is 7.31. The summed E-state index contributed by atoms with van der Waals surface area (Å²) in [5.41, 5.74) is 7.77. The van der Waals surface area contributed by atoms with Crippen LogP contribution in [0.3, 0.4) is 0 Å². The van der Waals surface area contributed by atoms with Crippen LogP contribution in [0.15, 0.2) is 36.5 Å². The molecule has 0 aliphatic heterocycles. The van der Waals surface area contributed by atoms with Crippen LogP contribution < -0.4 is 5.73 Å². The fraction of sp³-hybridized carbons (Fsp3) is 0. The Morgan fingerprint density at radius 3 is 2.60 bits per heavy atom. The summed E-state index contributed by atoms with van der Waals surface area (Å²) in [7, 11) is 0. The monoisotopic (exact) mass is 195 g/mol. The van der Waals surface area contributed by atoms with Crippen LogP contribution in [0.1, 0.15) is 5.69 Å². The standard InChI is InChI=1S/C12H9N3/c1-2-10-8-14-12(13)11(15-10)9-6-4-3-5-7-9/h1,3-8H,(H2,13,14). The first-order valence-corrected chi connectivity index (χ1v) is 4.46. The molecule has 0 spiro atoms. The van der Waals surface area contributed by atoms with E-state index in [4.69, 9.17) is 12.2 Å². The molecule has 0 unspecified atom stereocenters. The van der Waals surface area contributed by atoms with Crippen LogP contribution in [-0.2, 0) is 0 Å². The van der Waals surface area contributed by atoms with Crippen molar-refractivity contribution in [2.75, 3.05) is 5.73 Å². The van der Waals surface area contributed by atoms with Crippen LogP contribution in [0.5, 0.6) is 0 Å². The van der Waals surface area contributed by atoms with Crippen molar-refractivity contribution in [3.05, 3.63) is 42.2 Å². The van der Waals surface area contributed by atoms with E-state index in [1.165, 1.54) is 6.20 Å². The number of benzene rings is 1. The van der Waals surface area contributed by atoms with E-state index in [-0.39, 0.29) is 0 Å². The Morgan fingerprint density at radius 1 is 1.20 bits per heavy atom. The van der Waals surface area contributed by atoms with Crippen molar-refractivity contribution in [1.29, 1.82) is 0 Å². The van der Waals surface area contributed by atoms with E-state index in [2.05, 4.69) is 15.9 Å². The molecule has 15 heavy (non-hydrogen) atoms. The second-order valence-corrected chi connectivity index (χ2v) is 3.00. The van der Waals surface area contributed by atoms with Crippen LogP contribution in [0.2, 0.25) is 0 Å². The van der Waals surface area contributed by atoms with E-state index in [1.807, 2.05) is 30.3 Å². The van der Waals surface area contributed by atoms with Crippen molar-refractivity contribution >= 4 is 5.82 Å². The molecule has 1 aromatic heterocycles. The molecule has 3 nitrogen and oxygen atoms in total. The number of hydrogen-bond donors (Lipinski definition) is 1. The second-order valence-electron chi connectivity index (χ2n) is 3.00. The number of rotatable bonds is 1. The Bertz CT molecular complexity index is 512. The molecule has 2 aromatic rings. The normalized spacial score (nSPS) is 9.53. The lowest BCUT2D eigenvalue weighted by Gasteiger charge is -2.03. The van der Waals surface area contributed by atoms with E-state index >= 15 is 0 Å². The maximum atomic E-state index is 5.73. The minimum Gasteiger partial charge on any atom is -0.382 e. The van der Waals surface area contributed by atoms with Gasteiger partial charge < -0.3 is 5.73 Å². The summed E-state index contributed by atoms with van der Waals surface area (Å²) in [4.78, 5) is 8.24. The summed E-state index contributed by atoms with van der Waals surface area (Å²) in [6, 6.07) is 9.59. The number of hydrogen-bond acceptors (Lipinski definition) is 3. The van der Waals surface area contributed by atoms with Gasteiger partial charge in [0.2, 0.25) is 0 Å². The van der Waals surface area contributed by atoms with Gasteiger partial charge >= 0.3 is 0 Å². The first kappa shape index (κ1) is 9.22. The van der Waals surface area contributed by atoms with Crippen LogP contribution in [-0.4, -0.2) is 9.97 Å². The maximum absolute atomic E-state index is 5.73. The van der Waals surface area contributed by atoms with Gasteiger partial charge in [-0.3, -0.25) is 0 Å². The predicted octanol–water partition coefficient (Wildman–Crippen LogP) is 1.71. The summed E-state index contributed by atoms with van der Waals surface area (Å²) in [5.74, 6) is 2.82. The van der Waals surface area contributed by atoms with E-state index in [0.717, 1.165) is 5.56 Å². The molecule has 0 saturated carbocycles. The van der Waals surface area contributed by atoms with Gasteiger partial charge in [-0.2, -0.15) is 0 Å². The molecule has 0 aliphatic carbocycles. The average Bonchev–Trinajstić information content (AvgIpc) is 2.31. The quantitative estimate of drug-likeness (QED) is 0.705. The molecule has 3 heteroatoms. The molecule has 0 bridgehead atoms. The van der Waals surface area contributed by atoms with Crippen molar-refractivity contribution < 1.29 is 0 Å². The molecular weight excluding hydrogens is 186 g/mol. The Labute approximate surface area is 88.0 Å². The van der Waals surface area contributed by atoms with Gasteiger partial charge in [0.25, 0.3) is 0 Å². The molecule has 2 rings (SSSR count). The van der Waals surface area contributed by atoms with Crippen LogP contribution in [0.25, 0.3) is 11.3 Å². The topological polar surface area (TPSA) is 51.8 Å². The van der Waals surface area contributed by atoms with Crippen molar-refractivity contribution in [2.24, 2.45) is 0 Å². The summed E-state index contributed by atoms with van der Waals surface area (Å²) in [6.45, 7) is 0. The number of nitrogens with two attached hydrogens (primary N) is 1. The number of terminal acetylenes is 1. The Hall–Kier alpha value is -2.34. The van der Waals surface area contributed by atoms with E-state index in [9.17, 15) is 0 Å². The number of nitrogen functional groups attached to an aromatic ring is 1.